The quantitative estimate of drug-likeness (QED) is 0.783. The number of aromatic nitrogens is 2. The molecular weight excluding hydrogens is 216 g/mol. The number of aliphatic hydroxyl groups excluding tert-OH is 1. The van der Waals surface area contributed by atoms with E-state index in [0.29, 0.717) is 11.9 Å². The Labute approximate surface area is 103 Å². The van der Waals surface area contributed by atoms with Gasteiger partial charge >= 0.3 is 0 Å². The second kappa shape index (κ2) is 6.39. The Kier molecular flexibility index (Phi) is 5.15. The molecule has 0 aliphatic heterocycles. The van der Waals surface area contributed by atoms with Crippen LogP contribution in [0.4, 0.5) is 11.8 Å². The molecule has 96 valence electrons. The lowest BCUT2D eigenvalue weighted by Crippen LogP contribution is -2.26. The third-order valence-electron chi connectivity index (χ3n) is 2.37. The molecular formula is C12H22N4O. The van der Waals surface area contributed by atoms with Crippen molar-refractivity contribution in [2.75, 3.05) is 30.9 Å². The monoisotopic (exact) mass is 238 g/mol. The Hall–Kier alpha value is -1.36. The van der Waals surface area contributed by atoms with Crippen LogP contribution < -0.4 is 10.2 Å². The van der Waals surface area contributed by atoms with Crippen LogP contribution in [0, 0.1) is 5.92 Å². The maximum atomic E-state index is 9.30. The van der Waals surface area contributed by atoms with E-state index in [2.05, 4.69) is 29.1 Å². The number of nitrogens with one attached hydrogen (secondary N) is 1. The van der Waals surface area contributed by atoms with E-state index in [9.17, 15) is 5.11 Å². The van der Waals surface area contributed by atoms with Crippen molar-refractivity contribution in [1.82, 2.24) is 9.97 Å². The molecule has 1 atom stereocenters. The molecule has 0 saturated carbocycles. The maximum absolute atomic E-state index is 9.30. The summed E-state index contributed by atoms with van der Waals surface area (Å²) in [5.74, 6) is 1.95. The zero-order valence-corrected chi connectivity index (χ0v) is 11.0. The summed E-state index contributed by atoms with van der Waals surface area (Å²) in [5, 5.41) is 12.5. The molecule has 0 saturated heterocycles. The van der Waals surface area contributed by atoms with Crippen LogP contribution in [0.5, 0.6) is 0 Å². The molecule has 1 aromatic rings. The minimum atomic E-state index is 0.0416. The summed E-state index contributed by atoms with van der Waals surface area (Å²) in [7, 11) is 3.80. The Morgan fingerprint density at radius 1 is 1.41 bits per heavy atom. The van der Waals surface area contributed by atoms with Crippen LogP contribution in [-0.2, 0) is 0 Å². The van der Waals surface area contributed by atoms with Crippen molar-refractivity contribution in [3.63, 3.8) is 0 Å². The molecule has 0 aliphatic carbocycles. The number of anilines is 2. The summed E-state index contributed by atoms with van der Waals surface area (Å²) in [6.45, 7) is 4.38. The molecule has 1 aromatic heterocycles. The SMILES string of the molecule is CC(C)CC(CO)Nc1ccnc(N(C)C)n1. The van der Waals surface area contributed by atoms with Gasteiger partial charge in [0, 0.05) is 20.3 Å². The number of hydrogen-bond donors (Lipinski definition) is 2. The van der Waals surface area contributed by atoms with E-state index in [4.69, 9.17) is 0 Å². The summed E-state index contributed by atoms with van der Waals surface area (Å²) in [4.78, 5) is 10.4. The highest BCUT2D eigenvalue weighted by Crippen LogP contribution is 2.12. The van der Waals surface area contributed by atoms with Gasteiger partial charge < -0.3 is 15.3 Å². The summed E-state index contributed by atoms with van der Waals surface area (Å²) in [6.07, 6.45) is 2.63. The number of nitrogens with zero attached hydrogens (tertiary/aromatic N) is 3. The molecule has 17 heavy (non-hydrogen) atoms. The fraction of sp³-hybridized carbons (Fsp3) is 0.667. The largest absolute Gasteiger partial charge is 0.394 e. The van der Waals surface area contributed by atoms with E-state index < -0.39 is 0 Å². The number of hydrogen-bond acceptors (Lipinski definition) is 5. The molecule has 1 heterocycles. The second-order valence-electron chi connectivity index (χ2n) is 4.79. The fourth-order valence-corrected chi connectivity index (χ4v) is 1.60. The molecule has 0 bridgehead atoms. The third-order valence-corrected chi connectivity index (χ3v) is 2.37. The van der Waals surface area contributed by atoms with Crippen LogP contribution in [0.25, 0.3) is 0 Å². The number of rotatable bonds is 6. The van der Waals surface area contributed by atoms with E-state index in [1.165, 1.54) is 0 Å². The predicted molar refractivity (Wildman–Crippen MR) is 70.3 cm³/mol. The minimum absolute atomic E-state index is 0.0416. The van der Waals surface area contributed by atoms with E-state index in [-0.39, 0.29) is 12.6 Å². The van der Waals surface area contributed by atoms with Crippen molar-refractivity contribution < 1.29 is 5.11 Å². The van der Waals surface area contributed by atoms with Crippen molar-refractivity contribution in [2.24, 2.45) is 5.92 Å². The molecule has 0 fully saturated rings. The smallest absolute Gasteiger partial charge is 0.226 e. The second-order valence-corrected chi connectivity index (χ2v) is 4.79. The third kappa shape index (κ3) is 4.56. The van der Waals surface area contributed by atoms with Gasteiger partial charge in [0.1, 0.15) is 5.82 Å². The molecule has 0 spiro atoms. The first-order chi connectivity index (χ1) is 8.02. The average Bonchev–Trinajstić information content (AvgIpc) is 2.28. The van der Waals surface area contributed by atoms with Crippen molar-refractivity contribution in [3.8, 4) is 0 Å². The Morgan fingerprint density at radius 3 is 2.65 bits per heavy atom. The highest BCUT2D eigenvalue weighted by atomic mass is 16.3. The Balaban J connectivity index is 2.69. The van der Waals surface area contributed by atoms with Gasteiger partial charge in [-0.1, -0.05) is 13.8 Å². The van der Waals surface area contributed by atoms with Crippen molar-refractivity contribution in [1.29, 1.82) is 0 Å². The first-order valence-corrected chi connectivity index (χ1v) is 5.90. The van der Waals surface area contributed by atoms with Crippen LogP contribution in [0.1, 0.15) is 20.3 Å². The van der Waals surface area contributed by atoms with Gasteiger partial charge in [-0.15, -0.1) is 0 Å². The summed E-state index contributed by atoms with van der Waals surface area (Å²) < 4.78 is 0. The molecule has 2 N–H and O–H groups in total. The van der Waals surface area contributed by atoms with Crippen LogP contribution in [0.3, 0.4) is 0 Å². The highest BCUT2D eigenvalue weighted by molar-refractivity contribution is 5.41. The molecule has 1 unspecified atom stereocenters. The van der Waals surface area contributed by atoms with Gasteiger partial charge in [-0.25, -0.2) is 4.98 Å². The van der Waals surface area contributed by atoms with Gasteiger partial charge in [-0.05, 0) is 18.4 Å². The van der Waals surface area contributed by atoms with E-state index in [0.717, 1.165) is 12.2 Å². The van der Waals surface area contributed by atoms with Gasteiger partial charge in [0.05, 0.1) is 12.6 Å². The average molecular weight is 238 g/mol. The lowest BCUT2D eigenvalue weighted by Gasteiger charge is -2.19. The van der Waals surface area contributed by atoms with E-state index in [1.54, 1.807) is 6.20 Å². The van der Waals surface area contributed by atoms with Crippen molar-refractivity contribution in [3.05, 3.63) is 12.3 Å². The summed E-state index contributed by atoms with van der Waals surface area (Å²) in [5.41, 5.74) is 0. The van der Waals surface area contributed by atoms with E-state index in [1.807, 2.05) is 25.1 Å². The van der Waals surface area contributed by atoms with Gasteiger partial charge in [0.25, 0.3) is 0 Å². The summed E-state index contributed by atoms with van der Waals surface area (Å²) in [6, 6.07) is 1.86. The van der Waals surface area contributed by atoms with Crippen molar-refractivity contribution >= 4 is 11.8 Å². The highest BCUT2D eigenvalue weighted by Gasteiger charge is 2.10. The normalized spacial score (nSPS) is 12.6. The standard InChI is InChI=1S/C12H22N4O/c1-9(2)7-10(8-17)14-11-5-6-13-12(15-11)16(3)4/h5-6,9-10,17H,7-8H2,1-4H3,(H,13,14,15). The van der Waals surface area contributed by atoms with Crippen LogP contribution in [0.2, 0.25) is 0 Å². The minimum Gasteiger partial charge on any atom is -0.394 e. The fourth-order valence-electron chi connectivity index (χ4n) is 1.60. The molecule has 0 radical (unpaired) electrons. The van der Waals surface area contributed by atoms with Gasteiger partial charge in [-0.3, -0.25) is 0 Å². The Bertz CT molecular complexity index is 341. The van der Waals surface area contributed by atoms with Gasteiger partial charge in [-0.2, -0.15) is 4.98 Å². The topological polar surface area (TPSA) is 61.3 Å². The van der Waals surface area contributed by atoms with Gasteiger partial charge in [0.2, 0.25) is 5.95 Å². The molecule has 0 amide bonds. The molecule has 5 heteroatoms. The maximum Gasteiger partial charge on any atom is 0.226 e. The molecule has 1 rings (SSSR count). The van der Waals surface area contributed by atoms with Crippen molar-refractivity contribution in [2.45, 2.75) is 26.3 Å². The first-order valence-electron chi connectivity index (χ1n) is 5.90. The lowest BCUT2D eigenvalue weighted by atomic mass is 10.0. The molecule has 0 aliphatic rings. The first kappa shape index (κ1) is 13.7. The zero-order valence-electron chi connectivity index (χ0n) is 11.0. The van der Waals surface area contributed by atoms with Crippen LogP contribution >= 0.6 is 0 Å². The number of aliphatic hydroxyl groups is 1. The van der Waals surface area contributed by atoms with Gasteiger partial charge in [0.15, 0.2) is 0 Å². The lowest BCUT2D eigenvalue weighted by molar-refractivity contribution is 0.259. The van der Waals surface area contributed by atoms with Crippen LogP contribution in [-0.4, -0.2) is 41.8 Å². The van der Waals surface area contributed by atoms with Crippen LogP contribution in [0.15, 0.2) is 12.3 Å². The molecule has 5 nitrogen and oxygen atoms in total. The predicted octanol–water partition coefficient (Wildman–Crippen LogP) is 1.36. The summed E-state index contributed by atoms with van der Waals surface area (Å²) >= 11 is 0. The zero-order chi connectivity index (χ0) is 12.8. The molecule has 0 aromatic carbocycles. The Morgan fingerprint density at radius 2 is 2.12 bits per heavy atom. The van der Waals surface area contributed by atoms with E-state index >= 15 is 0 Å².